The number of hydrogen-bond acceptors (Lipinski definition) is 3. The number of nitrogens with one attached hydrogen (secondary N) is 1. The molecular weight excluding hydrogens is 255 g/mol. The van der Waals surface area contributed by atoms with Crippen LogP contribution in [0.15, 0.2) is 24.3 Å². The van der Waals surface area contributed by atoms with Crippen LogP contribution in [0.25, 0.3) is 0 Å². The van der Waals surface area contributed by atoms with Gasteiger partial charge in [0.05, 0.1) is 5.25 Å². The van der Waals surface area contributed by atoms with Gasteiger partial charge in [-0.2, -0.15) is 0 Å². The maximum Gasteiger partial charge on any atom is 0.318 e. The van der Waals surface area contributed by atoms with Gasteiger partial charge in [0.1, 0.15) is 5.82 Å². The summed E-state index contributed by atoms with van der Waals surface area (Å²) in [4.78, 5) is 22.0. The maximum atomic E-state index is 13.5. The molecular formula is C12H15FN2O2S. The van der Waals surface area contributed by atoms with E-state index in [-0.39, 0.29) is 11.1 Å². The van der Waals surface area contributed by atoms with Crippen LogP contribution in [0, 0.1) is 5.82 Å². The number of hydrogen-bond donors (Lipinski definition) is 2. The summed E-state index contributed by atoms with van der Waals surface area (Å²) in [5.74, 6) is -0.782. The van der Waals surface area contributed by atoms with Crippen molar-refractivity contribution in [3.8, 4) is 0 Å². The van der Waals surface area contributed by atoms with E-state index in [1.807, 2.05) is 5.32 Å². The van der Waals surface area contributed by atoms with Crippen molar-refractivity contribution in [1.82, 2.24) is 5.32 Å². The van der Waals surface area contributed by atoms with E-state index in [9.17, 15) is 14.0 Å². The third-order valence-corrected chi connectivity index (χ3v) is 3.65. The second-order valence-corrected chi connectivity index (χ2v) is 5.48. The molecule has 1 rings (SSSR count). The largest absolute Gasteiger partial charge is 0.351 e. The summed E-state index contributed by atoms with van der Waals surface area (Å²) < 4.78 is 13.5. The Morgan fingerprint density at radius 3 is 2.50 bits per heavy atom. The standard InChI is InChI=1S/C12H15FN2O2S/c1-7(9-5-3-4-6-10(9)13)18-8(2)11(16)15-12(14)17/h3-8H,1-2H3,(H3,14,15,16,17)/t7-,8-/m1/s1. The van der Waals surface area contributed by atoms with Crippen molar-refractivity contribution in [2.75, 3.05) is 0 Å². The fourth-order valence-corrected chi connectivity index (χ4v) is 2.60. The van der Waals surface area contributed by atoms with E-state index in [1.54, 1.807) is 32.0 Å². The number of benzene rings is 1. The fraction of sp³-hybridized carbons (Fsp3) is 0.333. The van der Waals surface area contributed by atoms with Crippen molar-refractivity contribution in [1.29, 1.82) is 0 Å². The lowest BCUT2D eigenvalue weighted by molar-refractivity contribution is -0.119. The van der Waals surface area contributed by atoms with E-state index in [1.165, 1.54) is 17.8 Å². The fourth-order valence-electron chi connectivity index (χ4n) is 1.47. The molecule has 0 saturated carbocycles. The summed E-state index contributed by atoms with van der Waals surface area (Å²) in [5.41, 5.74) is 5.39. The molecule has 0 unspecified atom stereocenters. The zero-order chi connectivity index (χ0) is 13.7. The lowest BCUT2D eigenvalue weighted by Crippen LogP contribution is -2.39. The first-order valence-corrected chi connectivity index (χ1v) is 6.36. The van der Waals surface area contributed by atoms with E-state index in [0.29, 0.717) is 5.56 Å². The Morgan fingerprint density at radius 2 is 1.94 bits per heavy atom. The lowest BCUT2D eigenvalue weighted by atomic mass is 10.1. The first kappa shape index (κ1) is 14.5. The number of thioether (sulfide) groups is 1. The SMILES string of the molecule is C[C@@H](S[C@H](C)c1ccccc1F)C(=O)NC(N)=O. The Bertz CT molecular complexity index is 453. The number of carbonyl (C=O) groups is 2. The molecule has 0 radical (unpaired) electrons. The van der Waals surface area contributed by atoms with E-state index in [2.05, 4.69) is 0 Å². The minimum Gasteiger partial charge on any atom is -0.351 e. The molecule has 98 valence electrons. The zero-order valence-corrected chi connectivity index (χ0v) is 11.0. The second kappa shape index (κ2) is 6.39. The van der Waals surface area contributed by atoms with E-state index in [4.69, 9.17) is 5.73 Å². The van der Waals surface area contributed by atoms with Crippen LogP contribution >= 0.6 is 11.8 Å². The average Bonchev–Trinajstić information content (AvgIpc) is 2.28. The summed E-state index contributed by atoms with van der Waals surface area (Å²) in [5, 5.41) is 1.31. The van der Waals surface area contributed by atoms with Gasteiger partial charge in [0, 0.05) is 10.8 Å². The predicted molar refractivity (Wildman–Crippen MR) is 69.6 cm³/mol. The zero-order valence-electron chi connectivity index (χ0n) is 10.1. The third kappa shape index (κ3) is 4.03. The van der Waals surface area contributed by atoms with Gasteiger partial charge in [0.15, 0.2) is 0 Å². The molecule has 1 aromatic rings. The number of primary amides is 1. The van der Waals surface area contributed by atoms with Crippen LogP contribution in [0.4, 0.5) is 9.18 Å². The molecule has 3 N–H and O–H groups in total. The van der Waals surface area contributed by atoms with Crippen molar-refractivity contribution in [2.24, 2.45) is 5.73 Å². The first-order valence-electron chi connectivity index (χ1n) is 5.42. The Labute approximate surface area is 109 Å². The van der Waals surface area contributed by atoms with Crippen molar-refractivity contribution in [3.63, 3.8) is 0 Å². The topological polar surface area (TPSA) is 72.2 Å². The van der Waals surface area contributed by atoms with Gasteiger partial charge in [-0.3, -0.25) is 10.1 Å². The number of amides is 3. The molecule has 6 heteroatoms. The molecule has 0 fully saturated rings. The molecule has 0 aliphatic heterocycles. The smallest absolute Gasteiger partial charge is 0.318 e. The van der Waals surface area contributed by atoms with Crippen molar-refractivity contribution < 1.29 is 14.0 Å². The molecule has 2 atom stereocenters. The number of halogens is 1. The number of imide groups is 1. The van der Waals surface area contributed by atoms with Gasteiger partial charge in [-0.25, -0.2) is 9.18 Å². The quantitative estimate of drug-likeness (QED) is 0.881. The van der Waals surface area contributed by atoms with Crippen molar-refractivity contribution in [3.05, 3.63) is 35.6 Å². The van der Waals surface area contributed by atoms with Crippen LogP contribution < -0.4 is 11.1 Å². The van der Waals surface area contributed by atoms with Gasteiger partial charge >= 0.3 is 6.03 Å². The van der Waals surface area contributed by atoms with E-state index in [0.717, 1.165) is 0 Å². The summed E-state index contributed by atoms with van der Waals surface area (Å²) >= 11 is 1.26. The third-order valence-electron chi connectivity index (χ3n) is 2.37. The molecule has 0 aromatic heterocycles. The van der Waals surface area contributed by atoms with Gasteiger partial charge in [-0.05, 0) is 19.9 Å². The maximum absolute atomic E-state index is 13.5. The highest BCUT2D eigenvalue weighted by Gasteiger charge is 2.20. The monoisotopic (exact) mass is 270 g/mol. The lowest BCUT2D eigenvalue weighted by Gasteiger charge is -2.16. The highest BCUT2D eigenvalue weighted by molar-refractivity contribution is 8.00. The Kier molecular flexibility index (Phi) is 5.15. The van der Waals surface area contributed by atoms with Crippen LogP contribution in [-0.2, 0) is 4.79 Å². The molecule has 18 heavy (non-hydrogen) atoms. The molecule has 0 aliphatic rings. The van der Waals surface area contributed by atoms with Crippen LogP contribution in [0.2, 0.25) is 0 Å². The summed E-state index contributed by atoms with van der Waals surface area (Å²) in [6, 6.07) is 5.51. The van der Waals surface area contributed by atoms with Gasteiger partial charge in [0.25, 0.3) is 0 Å². The first-order chi connectivity index (χ1) is 8.41. The van der Waals surface area contributed by atoms with Crippen LogP contribution in [-0.4, -0.2) is 17.2 Å². The summed E-state index contributed by atoms with van der Waals surface area (Å²) in [6.07, 6.45) is 0. The normalized spacial score (nSPS) is 13.7. The van der Waals surface area contributed by atoms with Gasteiger partial charge < -0.3 is 5.73 Å². The highest BCUT2D eigenvalue weighted by Crippen LogP contribution is 2.32. The number of nitrogens with two attached hydrogens (primary N) is 1. The molecule has 1 aromatic carbocycles. The molecule has 3 amide bonds. The van der Waals surface area contributed by atoms with Crippen LogP contribution in [0.5, 0.6) is 0 Å². The van der Waals surface area contributed by atoms with E-state index >= 15 is 0 Å². The molecule has 0 aliphatic carbocycles. The minimum atomic E-state index is -0.883. The van der Waals surface area contributed by atoms with E-state index < -0.39 is 17.2 Å². The van der Waals surface area contributed by atoms with Gasteiger partial charge in [-0.15, -0.1) is 11.8 Å². The van der Waals surface area contributed by atoms with Crippen molar-refractivity contribution in [2.45, 2.75) is 24.3 Å². The Balaban J connectivity index is 2.65. The highest BCUT2D eigenvalue weighted by atomic mass is 32.2. The van der Waals surface area contributed by atoms with Crippen LogP contribution in [0.1, 0.15) is 24.7 Å². The number of rotatable bonds is 4. The molecule has 0 saturated heterocycles. The van der Waals surface area contributed by atoms with Crippen molar-refractivity contribution >= 4 is 23.7 Å². The molecule has 0 bridgehead atoms. The predicted octanol–water partition coefficient (Wildman–Crippen LogP) is 2.20. The van der Waals surface area contributed by atoms with Gasteiger partial charge in [-0.1, -0.05) is 18.2 Å². The summed E-state index contributed by atoms with van der Waals surface area (Å²) in [6.45, 7) is 3.44. The van der Waals surface area contributed by atoms with Crippen LogP contribution in [0.3, 0.4) is 0 Å². The number of urea groups is 1. The Morgan fingerprint density at radius 1 is 1.33 bits per heavy atom. The Hall–Kier alpha value is -1.56. The average molecular weight is 270 g/mol. The molecule has 4 nitrogen and oxygen atoms in total. The molecule has 0 spiro atoms. The van der Waals surface area contributed by atoms with Gasteiger partial charge in [0.2, 0.25) is 5.91 Å². The number of carbonyl (C=O) groups excluding carboxylic acids is 2. The summed E-state index contributed by atoms with van der Waals surface area (Å²) in [7, 11) is 0. The second-order valence-electron chi connectivity index (χ2n) is 3.80. The molecule has 0 heterocycles. The minimum absolute atomic E-state index is 0.195.